The number of aromatic nitrogens is 1. The Bertz CT molecular complexity index is 399. The second kappa shape index (κ2) is 8.44. The fraction of sp³-hybridized carbons (Fsp3) is 0.706. The smallest absolute Gasteiger partial charge is 0.141 e. The highest BCUT2D eigenvalue weighted by atomic mass is 19.1. The third-order valence-electron chi connectivity index (χ3n) is 4.44. The van der Waals surface area contributed by atoms with Crippen LogP contribution in [0.4, 0.5) is 4.39 Å². The van der Waals surface area contributed by atoms with Crippen molar-refractivity contribution in [3.05, 3.63) is 29.8 Å². The lowest BCUT2D eigenvalue weighted by Gasteiger charge is -2.31. The second-order valence-corrected chi connectivity index (χ2v) is 6.21. The summed E-state index contributed by atoms with van der Waals surface area (Å²) in [7, 11) is 1.96. The third-order valence-corrected chi connectivity index (χ3v) is 4.44. The molecule has 0 radical (unpaired) electrons. The molecule has 0 spiro atoms. The number of nitrogens with one attached hydrogen (secondary N) is 1. The molecule has 0 aliphatic carbocycles. The Kier molecular flexibility index (Phi) is 6.58. The molecule has 4 heteroatoms. The van der Waals surface area contributed by atoms with E-state index >= 15 is 0 Å². The number of rotatable bonds is 5. The number of hydrogen-bond acceptors (Lipinski definition) is 3. The molecule has 1 aliphatic rings. The Morgan fingerprint density at radius 2 is 1.86 bits per heavy atom. The fourth-order valence-electron chi connectivity index (χ4n) is 3.30. The molecule has 1 aromatic rings. The first-order valence-corrected chi connectivity index (χ1v) is 8.22. The third kappa shape index (κ3) is 5.04. The molecule has 3 nitrogen and oxygen atoms in total. The number of hydrogen-bond donors (Lipinski definition) is 1. The van der Waals surface area contributed by atoms with Gasteiger partial charge in [0.1, 0.15) is 5.82 Å². The number of halogens is 1. The van der Waals surface area contributed by atoms with Crippen LogP contribution in [0.1, 0.15) is 50.8 Å². The van der Waals surface area contributed by atoms with Gasteiger partial charge in [-0.15, -0.1) is 0 Å². The monoisotopic (exact) mass is 293 g/mol. The van der Waals surface area contributed by atoms with E-state index in [-0.39, 0.29) is 11.9 Å². The van der Waals surface area contributed by atoms with Gasteiger partial charge in [0.05, 0.1) is 17.9 Å². The second-order valence-electron chi connectivity index (χ2n) is 6.21. The van der Waals surface area contributed by atoms with Gasteiger partial charge < -0.3 is 10.2 Å². The van der Waals surface area contributed by atoms with Crippen molar-refractivity contribution in [1.29, 1.82) is 0 Å². The molecule has 0 saturated carbocycles. The van der Waals surface area contributed by atoms with E-state index in [1.165, 1.54) is 57.5 Å². The first kappa shape index (κ1) is 16.4. The van der Waals surface area contributed by atoms with Gasteiger partial charge in [-0.25, -0.2) is 4.39 Å². The summed E-state index contributed by atoms with van der Waals surface area (Å²) in [6.07, 6.45) is 8.04. The van der Waals surface area contributed by atoms with E-state index in [4.69, 9.17) is 0 Å². The van der Waals surface area contributed by atoms with Crippen molar-refractivity contribution in [2.45, 2.75) is 45.1 Å². The van der Waals surface area contributed by atoms with Crippen LogP contribution in [0.25, 0.3) is 0 Å². The van der Waals surface area contributed by atoms with E-state index in [9.17, 15) is 4.39 Å². The SMILES string of the molecule is CNC(c1ccc(F)cn1)C(C)CN1CCCCCCC1. The fourth-order valence-corrected chi connectivity index (χ4v) is 3.30. The Labute approximate surface area is 127 Å². The molecule has 1 N–H and O–H groups in total. The number of nitrogens with zero attached hydrogens (tertiary/aromatic N) is 2. The summed E-state index contributed by atoms with van der Waals surface area (Å²) >= 11 is 0. The molecule has 1 saturated heterocycles. The maximum atomic E-state index is 13.0. The average Bonchev–Trinajstić information content (AvgIpc) is 2.44. The quantitative estimate of drug-likeness (QED) is 0.902. The van der Waals surface area contributed by atoms with Crippen LogP contribution in [0.5, 0.6) is 0 Å². The summed E-state index contributed by atoms with van der Waals surface area (Å²) in [5.41, 5.74) is 0.929. The van der Waals surface area contributed by atoms with E-state index < -0.39 is 0 Å². The molecular formula is C17H28FN3. The molecule has 2 atom stereocenters. The van der Waals surface area contributed by atoms with Crippen molar-refractivity contribution >= 4 is 0 Å². The summed E-state index contributed by atoms with van der Waals surface area (Å²) in [6, 6.07) is 3.46. The van der Waals surface area contributed by atoms with Gasteiger partial charge in [0.25, 0.3) is 0 Å². The molecule has 1 aliphatic heterocycles. The van der Waals surface area contributed by atoms with Crippen molar-refractivity contribution in [2.75, 3.05) is 26.7 Å². The number of likely N-dealkylation sites (tertiary alicyclic amines) is 1. The minimum absolute atomic E-state index is 0.177. The average molecular weight is 293 g/mol. The maximum absolute atomic E-state index is 13.0. The summed E-state index contributed by atoms with van der Waals surface area (Å²) < 4.78 is 13.0. The summed E-state index contributed by atoms with van der Waals surface area (Å²) in [6.45, 7) is 5.74. The van der Waals surface area contributed by atoms with Gasteiger partial charge in [0.2, 0.25) is 0 Å². The molecule has 0 bridgehead atoms. The van der Waals surface area contributed by atoms with Gasteiger partial charge in [-0.3, -0.25) is 4.98 Å². The zero-order valence-electron chi connectivity index (χ0n) is 13.3. The van der Waals surface area contributed by atoms with Crippen LogP contribution in [0.3, 0.4) is 0 Å². The van der Waals surface area contributed by atoms with Crippen molar-refractivity contribution in [3.8, 4) is 0 Å². The lowest BCUT2D eigenvalue weighted by Crippen LogP contribution is -2.36. The van der Waals surface area contributed by atoms with E-state index in [1.54, 1.807) is 6.07 Å². The predicted octanol–water partition coefficient (Wildman–Crippen LogP) is 3.38. The molecule has 2 unspecified atom stereocenters. The molecule has 21 heavy (non-hydrogen) atoms. The van der Waals surface area contributed by atoms with E-state index in [1.807, 2.05) is 7.05 Å². The van der Waals surface area contributed by atoms with Crippen LogP contribution in [0.15, 0.2) is 18.3 Å². The Morgan fingerprint density at radius 3 is 2.43 bits per heavy atom. The summed E-state index contributed by atoms with van der Waals surface area (Å²) in [4.78, 5) is 6.82. The van der Waals surface area contributed by atoms with Crippen LogP contribution in [0.2, 0.25) is 0 Å². The van der Waals surface area contributed by atoms with Crippen LogP contribution >= 0.6 is 0 Å². The molecular weight excluding hydrogens is 265 g/mol. The van der Waals surface area contributed by atoms with Gasteiger partial charge in [-0.2, -0.15) is 0 Å². The van der Waals surface area contributed by atoms with Gasteiger partial charge in [-0.1, -0.05) is 26.2 Å². The minimum atomic E-state index is -0.273. The maximum Gasteiger partial charge on any atom is 0.141 e. The highest BCUT2D eigenvalue weighted by Gasteiger charge is 2.21. The van der Waals surface area contributed by atoms with Crippen molar-refractivity contribution in [2.24, 2.45) is 5.92 Å². The highest BCUT2D eigenvalue weighted by molar-refractivity contribution is 5.10. The molecule has 2 heterocycles. The molecule has 1 aromatic heterocycles. The zero-order valence-corrected chi connectivity index (χ0v) is 13.3. The van der Waals surface area contributed by atoms with Gasteiger partial charge in [0.15, 0.2) is 0 Å². The Hall–Kier alpha value is -1.00. The van der Waals surface area contributed by atoms with Crippen molar-refractivity contribution in [3.63, 3.8) is 0 Å². The van der Waals surface area contributed by atoms with Crippen molar-refractivity contribution < 1.29 is 4.39 Å². The molecule has 0 amide bonds. The Balaban J connectivity index is 1.95. The van der Waals surface area contributed by atoms with Crippen molar-refractivity contribution in [1.82, 2.24) is 15.2 Å². The van der Waals surface area contributed by atoms with E-state index in [0.717, 1.165) is 12.2 Å². The summed E-state index contributed by atoms with van der Waals surface area (Å²) in [5, 5.41) is 3.34. The molecule has 118 valence electrons. The van der Waals surface area contributed by atoms with E-state index in [2.05, 4.69) is 22.1 Å². The first-order valence-electron chi connectivity index (χ1n) is 8.22. The largest absolute Gasteiger partial charge is 0.311 e. The predicted molar refractivity (Wildman–Crippen MR) is 84.7 cm³/mol. The lowest BCUT2D eigenvalue weighted by atomic mass is 9.97. The van der Waals surface area contributed by atoms with E-state index in [0.29, 0.717) is 5.92 Å². The zero-order chi connectivity index (χ0) is 15.1. The summed E-state index contributed by atoms with van der Waals surface area (Å²) in [5.74, 6) is 0.178. The van der Waals surface area contributed by atoms with Gasteiger partial charge >= 0.3 is 0 Å². The molecule has 0 aromatic carbocycles. The molecule has 2 rings (SSSR count). The van der Waals surface area contributed by atoms with Gasteiger partial charge in [-0.05, 0) is 51.0 Å². The van der Waals surface area contributed by atoms with Crippen LogP contribution in [0, 0.1) is 11.7 Å². The molecule has 1 fully saturated rings. The van der Waals surface area contributed by atoms with Gasteiger partial charge in [0, 0.05) is 6.54 Å². The van der Waals surface area contributed by atoms with Crippen LogP contribution in [-0.2, 0) is 0 Å². The highest BCUT2D eigenvalue weighted by Crippen LogP contribution is 2.22. The lowest BCUT2D eigenvalue weighted by molar-refractivity contribution is 0.196. The topological polar surface area (TPSA) is 28.2 Å². The standard InChI is InChI=1S/C17H28FN3/c1-14(13-21-10-6-4-3-5-7-11-21)17(19-2)16-9-8-15(18)12-20-16/h8-9,12,14,17,19H,3-7,10-11,13H2,1-2H3. The number of pyridine rings is 1. The first-order chi connectivity index (χ1) is 10.2. The Morgan fingerprint density at radius 1 is 1.19 bits per heavy atom. The van der Waals surface area contributed by atoms with Crippen LogP contribution < -0.4 is 5.32 Å². The van der Waals surface area contributed by atoms with Crippen LogP contribution in [-0.4, -0.2) is 36.6 Å². The normalized spacial score (nSPS) is 20.5. The minimum Gasteiger partial charge on any atom is -0.311 e.